The minimum atomic E-state index is 0.593. The van der Waals surface area contributed by atoms with Crippen LogP contribution in [0, 0.1) is 17.3 Å². The van der Waals surface area contributed by atoms with Crippen molar-refractivity contribution in [3.05, 3.63) is 0 Å². The second kappa shape index (κ2) is 7.44. The van der Waals surface area contributed by atoms with Crippen LogP contribution >= 0.6 is 0 Å². The summed E-state index contributed by atoms with van der Waals surface area (Å²) in [5, 5.41) is 0. The first-order chi connectivity index (χ1) is 8.06. The van der Waals surface area contributed by atoms with Crippen LogP contribution in [0.4, 0.5) is 0 Å². The number of hydrogen-bond acceptors (Lipinski definition) is 0. The molecule has 0 spiro atoms. The quantitative estimate of drug-likeness (QED) is 0.500. The third-order valence-corrected chi connectivity index (χ3v) is 5.03. The molecule has 0 aromatic carbocycles. The zero-order valence-corrected chi connectivity index (χ0v) is 12.7. The number of unbranched alkanes of at least 4 members (excludes halogenated alkanes) is 2. The van der Waals surface area contributed by atoms with Crippen LogP contribution in [0.15, 0.2) is 0 Å². The topological polar surface area (TPSA) is 0 Å². The van der Waals surface area contributed by atoms with Gasteiger partial charge in [0.2, 0.25) is 0 Å². The Morgan fingerprint density at radius 3 is 2.06 bits per heavy atom. The van der Waals surface area contributed by atoms with Crippen molar-refractivity contribution >= 4 is 0 Å². The molecular formula is C17H34. The average molecular weight is 238 g/mol. The van der Waals surface area contributed by atoms with Crippen molar-refractivity contribution in [1.29, 1.82) is 0 Å². The van der Waals surface area contributed by atoms with Crippen LogP contribution in [0.2, 0.25) is 0 Å². The zero-order chi connectivity index (χ0) is 12.7. The van der Waals surface area contributed by atoms with Crippen LogP contribution in [0.3, 0.4) is 0 Å². The van der Waals surface area contributed by atoms with Crippen LogP contribution < -0.4 is 0 Å². The largest absolute Gasteiger partial charge is 0.0654 e. The molecule has 17 heavy (non-hydrogen) atoms. The van der Waals surface area contributed by atoms with E-state index in [-0.39, 0.29) is 0 Å². The summed E-state index contributed by atoms with van der Waals surface area (Å²) in [6, 6.07) is 0. The Morgan fingerprint density at radius 1 is 0.941 bits per heavy atom. The summed E-state index contributed by atoms with van der Waals surface area (Å²) in [5.41, 5.74) is 0.593. The van der Waals surface area contributed by atoms with Crippen molar-refractivity contribution in [2.45, 2.75) is 91.9 Å². The molecule has 0 aromatic heterocycles. The summed E-state index contributed by atoms with van der Waals surface area (Å²) >= 11 is 0. The van der Waals surface area contributed by atoms with Gasteiger partial charge in [-0.05, 0) is 36.5 Å². The molecule has 1 aliphatic rings. The zero-order valence-electron chi connectivity index (χ0n) is 12.7. The Morgan fingerprint density at radius 2 is 1.53 bits per heavy atom. The second-order valence-corrected chi connectivity index (χ2v) is 7.11. The van der Waals surface area contributed by atoms with E-state index >= 15 is 0 Å². The van der Waals surface area contributed by atoms with Gasteiger partial charge in [0.25, 0.3) is 0 Å². The van der Waals surface area contributed by atoms with Crippen molar-refractivity contribution in [3.8, 4) is 0 Å². The molecule has 1 aliphatic carbocycles. The highest BCUT2D eigenvalue weighted by molar-refractivity contribution is 4.80. The lowest BCUT2D eigenvalue weighted by molar-refractivity contribution is 0.146. The standard InChI is InChI=1S/C17H34/c1-5-6-7-14-17(3,4)16-12-8-10-15(2)11-9-13-16/h15-16H,5-14H2,1-4H3. The van der Waals surface area contributed by atoms with Gasteiger partial charge in [-0.1, -0.05) is 72.6 Å². The predicted molar refractivity (Wildman–Crippen MR) is 78.3 cm³/mol. The number of hydrogen-bond donors (Lipinski definition) is 0. The van der Waals surface area contributed by atoms with Gasteiger partial charge in [-0.2, -0.15) is 0 Å². The molecular weight excluding hydrogens is 204 g/mol. The molecule has 0 N–H and O–H groups in total. The molecule has 0 saturated heterocycles. The highest BCUT2D eigenvalue weighted by atomic mass is 14.3. The van der Waals surface area contributed by atoms with Crippen LogP contribution in [-0.4, -0.2) is 0 Å². The van der Waals surface area contributed by atoms with Gasteiger partial charge in [0.05, 0.1) is 0 Å². The maximum atomic E-state index is 2.53. The van der Waals surface area contributed by atoms with Gasteiger partial charge in [-0.3, -0.25) is 0 Å². The SMILES string of the molecule is CCCCCC(C)(C)C1CCCC(C)CCC1. The van der Waals surface area contributed by atoms with Gasteiger partial charge in [-0.15, -0.1) is 0 Å². The summed E-state index contributed by atoms with van der Waals surface area (Å²) in [6.45, 7) is 9.80. The maximum absolute atomic E-state index is 2.53. The molecule has 1 saturated carbocycles. The van der Waals surface area contributed by atoms with E-state index in [0.717, 1.165) is 11.8 Å². The minimum Gasteiger partial charge on any atom is -0.0654 e. The molecule has 0 nitrogen and oxygen atoms in total. The molecule has 0 amide bonds. The molecule has 0 atom stereocenters. The maximum Gasteiger partial charge on any atom is -0.0326 e. The Bertz CT molecular complexity index is 182. The van der Waals surface area contributed by atoms with E-state index in [1.807, 2.05) is 0 Å². The van der Waals surface area contributed by atoms with Crippen LogP contribution in [0.1, 0.15) is 91.9 Å². The molecule has 102 valence electrons. The van der Waals surface area contributed by atoms with Crippen LogP contribution in [-0.2, 0) is 0 Å². The van der Waals surface area contributed by atoms with Crippen molar-refractivity contribution in [2.24, 2.45) is 17.3 Å². The van der Waals surface area contributed by atoms with Gasteiger partial charge < -0.3 is 0 Å². The average Bonchev–Trinajstić information content (AvgIpc) is 2.23. The molecule has 1 fully saturated rings. The van der Waals surface area contributed by atoms with E-state index in [1.54, 1.807) is 0 Å². The highest BCUT2D eigenvalue weighted by Gasteiger charge is 2.29. The van der Waals surface area contributed by atoms with Crippen molar-refractivity contribution in [1.82, 2.24) is 0 Å². The smallest absolute Gasteiger partial charge is 0.0326 e. The lowest BCUT2D eigenvalue weighted by atomic mass is 9.69. The Balaban J connectivity index is 2.39. The first kappa shape index (κ1) is 15.1. The first-order valence-electron chi connectivity index (χ1n) is 8.06. The highest BCUT2D eigenvalue weighted by Crippen LogP contribution is 2.41. The summed E-state index contributed by atoms with van der Waals surface area (Å²) in [7, 11) is 0. The minimum absolute atomic E-state index is 0.593. The summed E-state index contributed by atoms with van der Waals surface area (Å²) in [4.78, 5) is 0. The second-order valence-electron chi connectivity index (χ2n) is 7.11. The number of rotatable bonds is 5. The van der Waals surface area contributed by atoms with E-state index in [1.165, 1.54) is 64.2 Å². The fraction of sp³-hybridized carbons (Fsp3) is 1.00. The fourth-order valence-electron chi connectivity index (χ4n) is 3.53. The predicted octanol–water partition coefficient (Wildman–Crippen LogP) is 6.20. The van der Waals surface area contributed by atoms with E-state index in [4.69, 9.17) is 0 Å². The summed E-state index contributed by atoms with van der Waals surface area (Å²) < 4.78 is 0. The van der Waals surface area contributed by atoms with E-state index in [2.05, 4.69) is 27.7 Å². The van der Waals surface area contributed by atoms with Gasteiger partial charge in [0.1, 0.15) is 0 Å². The molecule has 0 bridgehead atoms. The summed E-state index contributed by atoms with van der Waals surface area (Å²) in [5.74, 6) is 1.98. The molecule has 0 unspecified atom stereocenters. The Labute approximate surface area is 110 Å². The first-order valence-corrected chi connectivity index (χ1v) is 8.06. The van der Waals surface area contributed by atoms with Gasteiger partial charge in [0.15, 0.2) is 0 Å². The Kier molecular flexibility index (Phi) is 6.59. The third kappa shape index (κ3) is 5.44. The summed E-state index contributed by atoms with van der Waals surface area (Å²) in [6.07, 6.45) is 14.5. The van der Waals surface area contributed by atoms with Crippen molar-refractivity contribution in [2.75, 3.05) is 0 Å². The van der Waals surface area contributed by atoms with E-state index < -0.39 is 0 Å². The molecule has 1 rings (SSSR count). The normalized spacial score (nSPS) is 27.5. The lowest BCUT2D eigenvalue weighted by Crippen LogP contribution is -2.25. The monoisotopic (exact) mass is 238 g/mol. The van der Waals surface area contributed by atoms with Gasteiger partial charge >= 0.3 is 0 Å². The van der Waals surface area contributed by atoms with Crippen molar-refractivity contribution < 1.29 is 0 Å². The Hall–Kier alpha value is 0. The van der Waals surface area contributed by atoms with Crippen LogP contribution in [0.25, 0.3) is 0 Å². The van der Waals surface area contributed by atoms with Gasteiger partial charge in [-0.25, -0.2) is 0 Å². The molecule has 0 heterocycles. The third-order valence-electron chi connectivity index (χ3n) is 5.03. The fourth-order valence-corrected chi connectivity index (χ4v) is 3.53. The van der Waals surface area contributed by atoms with Gasteiger partial charge in [0, 0.05) is 0 Å². The van der Waals surface area contributed by atoms with E-state index in [9.17, 15) is 0 Å². The van der Waals surface area contributed by atoms with Crippen molar-refractivity contribution in [3.63, 3.8) is 0 Å². The van der Waals surface area contributed by atoms with E-state index in [0.29, 0.717) is 5.41 Å². The lowest BCUT2D eigenvalue weighted by Gasteiger charge is -2.36. The molecule has 0 aromatic rings. The molecule has 0 radical (unpaired) electrons. The molecule has 0 aliphatic heterocycles. The molecule has 0 heteroatoms. The van der Waals surface area contributed by atoms with Crippen LogP contribution in [0.5, 0.6) is 0 Å².